The van der Waals surface area contributed by atoms with E-state index in [-0.39, 0.29) is 234 Å². The number of aliphatic imine (C=N–C) groups is 5. The Bertz CT molecular complexity index is 1610. The molecule has 4 bridgehead atoms. The van der Waals surface area contributed by atoms with Crippen LogP contribution in [0.4, 0.5) is 5.69 Å². The van der Waals surface area contributed by atoms with Gasteiger partial charge < -0.3 is 50.0 Å². The molecule has 0 spiro atoms. The van der Waals surface area contributed by atoms with Gasteiger partial charge in [0, 0.05) is 68.6 Å². The monoisotopic (exact) mass is 999 g/mol. The van der Waals surface area contributed by atoms with Crippen molar-refractivity contribution in [1.29, 1.82) is 0 Å². The minimum Gasteiger partial charge on any atom is -0.846 e. The van der Waals surface area contributed by atoms with Gasteiger partial charge in [0.25, 0.3) is 0 Å². The SMILES string of the molecule is C.C.C.C.C.C.CC(C)(C)N1CCN=C1[O-].CN1CCN=C1[O-].[Na+].[Na+].[Na+].[Na+].[Na+].[O-]C1=NCCN1C12CC3CC(CC(C3)C1)C2.[O-]C1=NCCN1C1CCCCC1.[O-]C1=NCCN1c1ccccc1. The van der Waals surface area contributed by atoms with Crippen molar-refractivity contribution >= 4 is 35.8 Å². The quantitative estimate of drug-likeness (QED) is 0.263. The maximum Gasteiger partial charge on any atom is 1.00 e. The van der Waals surface area contributed by atoms with E-state index in [1.807, 2.05) is 56.0 Å². The van der Waals surface area contributed by atoms with E-state index >= 15 is 0 Å². The van der Waals surface area contributed by atoms with Crippen molar-refractivity contribution in [1.82, 2.24) is 19.6 Å². The zero-order valence-electron chi connectivity index (χ0n) is 39.6. The molecule has 0 amide bonds. The summed E-state index contributed by atoms with van der Waals surface area (Å²) in [6.45, 7) is 13.5. The van der Waals surface area contributed by atoms with Crippen LogP contribution in [0.3, 0.4) is 0 Å². The Morgan fingerprint density at radius 2 is 0.956 bits per heavy atom. The molecule has 0 atom stereocenters. The first-order valence-corrected chi connectivity index (χ1v) is 21.3. The number of nitrogens with zero attached hydrogens (tertiary/aromatic N) is 10. The fourth-order valence-corrected chi connectivity index (χ4v) is 10.3. The third-order valence-corrected chi connectivity index (χ3v) is 12.7. The molecule has 10 aliphatic rings. The topological polar surface area (TPSA) is 193 Å². The van der Waals surface area contributed by atoms with Crippen LogP contribution in [-0.4, -0.2) is 139 Å². The van der Waals surface area contributed by atoms with Crippen LogP contribution in [0.15, 0.2) is 55.3 Å². The average molecular weight is 999 g/mol. The van der Waals surface area contributed by atoms with Crippen molar-refractivity contribution in [3.8, 4) is 0 Å². The van der Waals surface area contributed by atoms with Gasteiger partial charge in [-0.25, -0.2) is 0 Å². The third kappa shape index (κ3) is 22.2. The van der Waals surface area contributed by atoms with Crippen molar-refractivity contribution in [3.05, 3.63) is 30.3 Å². The molecule has 5 saturated carbocycles. The van der Waals surface area contributed by atoms with E-state index in [2.05, 4.69) is 29.9 Å². The number of amidine groups is 5. The zero-order chi connectivity index (χ0) is 40.6. The summed E-state index contributed by atoms with van der Waals surface area (Å²) in [5.41, 5.74) is 1.12. The molecule has 0 radical (unpaired) electrons. The van der Waals surface area contributed by atoms with Crippen LogP contribution in [0.25, 0.3) is 0 Å². The van der Waals surface area contributed by atoms with Gasteiger partial charge in [0.05, 0.1) is 56.8 Å². The summed E-state index contributed by atoms with van der Waals surface area (Å²) in [5.74, 6) is 2.75. The summed E-state index contributed by atoms with van der Waals surface area (Å²) in [6, 6.07) is 9.95. The Morgan fingerprint density at radius 3 is 1.31 bits per heavy atom. The fraction of sp³-hybridized carbons (Fsp3) is 0.771. The van der Waals surface area contributed by atoms with Crippen LogP contribution in [0, 0.1) is 17.8 Å². The molecule has 364 valence electrons. The molecular formula is C48H87N10Na5O5. The van der Waals surface area contributed by atoms with Gasteiger partial charge in [-0.1, -0.05) is 82.0 Å². The largest absolute Gasteiger partial charge is 1.00 e. The number of hydrogen-bond acceptors (Lipinski definition) is 15. The van der Waals surface area contributed by atoms with E-state index in [9.17, 15) is 25.5 Å². The maximum atomic E-state index is 11.8. The van der Waals surface area contributed by atoms with Gasteiger partial charge >= 0.3 is 148 Å². The summed E-state index contributed by atoms with van der Waals surface area (Å²) in [7, 11) is 1.75. The van der Waals surface area contributed by atoms with Crippen molar-refractivity contribution in [2.45, 2.75) is 153 Å². The van der Waals surface area contributed by atoms with Gasteiger partial charge in [0.15, 0.2) is 0 Å². The van der Waals surface area contributed by atoms with Crippen molar-refractivity contribution < 1.29 is 173 Å². The summed E-state index contributed by atoms with van der Waals surface area (Å²) in [5, 5.41) is 55.5. The van der Waals surface area contributed by atoms with E-state index in [1.165, 1.54) is 70.6 Å². The summed E-state index contributed by atoms with van der Waals surface area (Å²) < 4.78 is 0. The van der Waals surface area contributed by atoms with E-state index in [4.69, 9.17) is 0 Å². The molecule has 1 aromatic rings. The van der Waals surface area contributed by atoms with Gasteiger partial charge in [-0.3, -0.25) is 25.0 Å². The smallest absolute Gasteiger partial charge is 0.846 e. The molecular weight excluding hydrogens is 912 g/mol. The van der Waals surface area contributed by atoms with Crippen molar-refractivity contribution in [2.75, 3.05) is 77.4 Å². The molecule has 5 aliphatic carbocycles. The van der Waals surface area contributed by atoms with Crippen LogP contribution < -0.4 is 178 Å². The van der Waals surface area contributed by atoms with Gasteiger partial charge in [0.1, 0.15) is 0 Å². The Hall–Kier alpha value is 0.570. The van der Waals surface area contributed by atoms with E-state index < -0.39 is 0 Å². The van der Waals surface area contributed by atoms with Crippen LogP contribution in [0.5, 0.6) is 0 Å². The number of rotatable bonds is 3. The minimum absolute atomic E-state index is 0. The molecule has 11 rings (SSSR count). The van der Waals surface area contributed by atoms with Crippen LogP contribution in [-0.2, 0) is 0 Å². The first-order chi connectivity index (χ1) is 27.3. The van der Waals surface area contributed by atoms with Crippen molar-refractivity contribution in [3.63, 3.8) is 0 Å². The Labute approximate surface area is 525 Å². The standard InChI is InChI=1S/C13H20N2O.C9H16N2O.C9H10N2O.C7H14N2O.C4H8N2O.6CH4.5Na/c16-12-14-1-2-15(12)13-6-9-3-10(7-13)5-11(4-9)8-13;2*12-9-10-6-7-11(9)8-4-2-1-3-5-8;1-7(2,3)9-5-4-8-6(9)10;1-6-3-2-5-4(6)7;;;;;;;;;;;/h9-11H,1-8H2,(H,14,16);8H,1-7H2,(H,10,12);1-5H,6-7H2,(H,10,12);4-5H2,1-3H3,(H,8,10);2-3H2,1H3,(H,5,7);6*1H4;;;;;/q;;;;;;;;;;;5*+1/p-5. The van der Waals surface area contributed by atoms with Crippen LogP contribution in [0.1, 0.15) is 136 Å². The Kier molecular flexibility index (Phi) is 44.9. The molecule has 5 aliphatic heterocycles. The van der Waals surface area contributed by atoms with Crippen LogP contribution in [0.2, 0.25) is 0 Å². The average Bonchev–Trinajstić information content (AvgIpc) is 4.04. The second kappa shape index (κ2) is 38.2. The summed E-state index contributed by atoms with van der Waals surface area (Å²) in [4.78, 5) is 28.3. The molecule has 5 heterocycles. The molecule has 68 heavy (non-hydrogen) atoms. The number of anilines is 1. The molecule has 5 fully saturated rings. The predicted molar refractivity (Wildman–Crippen MR) is 256 cm³/mol. The molecule has 15 nitrogen and oxygen atoms in total. The van der Waals surface area contributed by atoms with E-state index in [0.29, 0.717) is 32.2 Å². The first-order valence-electron chi connectivity index (χ1n) is 21.3. The Balaban J connectivity index is -0.000000173. The molecule has 1 aromatic carbocycles. The molecule has 20 heteroatoms. The van der Waals surface area contributed by atoms with Gasteiger partial charge in [-0.2, -0.15) is 0 Å². The van der Waals surface area contributed by atoms with Gasteiger partial charge in [-0.05, 0) is 102 Å². The number of hydrogen-bond donors (Lipinski definition) is 0. The van der Waals surface area contributed by atoms with E-state index in [0.717, 1.165) is 62.7 Å². The van der Waals surface area contributed by atoms with Crippen LogP contribution >= 0.6 is 0 Å². The molecule has 0 saturated heterocycles. The van der Waals surface area contributed by atoms with E-state index in [1.54, 1.807) is 21.7 Å². The normalized spacial score (nSPS) is 24.1. The first kappa shape index (κ1) is 80.0. The second-order valence-electron chi connectivity index (χ2n) is 17.8. The second-order valence-corrected chi connectivity index (χ2v) is 17.8. The third-order valence-electron chi connectivity index (χ3n) is 12.7. The van der Waals surface area contributed by atoms with Gasteiger partial charge in [-0.15, -0.1) is 0 Å². The fourth-order valence-electron chi connectivity index (χ4n) is 10.3. The predicted octanol–water partition coefficient (Wildman–Crippen LogP) is -11.1. The Morgan fingerprint density at radius 1 is 0.515 bits per heavy atom. The number of benzene rings is 1. The zero-order valence-corrected chi connectivity index (χ0v) is 49.6. The number of likely N-dealkylation sites (N-methyl/N-ethyl adjacent to an activating group) is 1. The molecule has 0 unspecified atom stereocenters. The number of para-hydroxylation sites is 1. The molecule has 0 N–H and O–H groups in total. The molecule has 0 aromatic heterocycles. The summed E-state index contributed by atoms with van der Waals surface area (Å²) in [6.07, 6.45) is 14.5. The van der Waals surface area contributed by atoms with Gasteiger partial charge in [0.2, 0.25) is 0 Å². The maximum absolute atomic E-state index is 11.8. The summed E-state index contributed by atoms with van der Waals surface area (Å²) >= 11 is 0. The minimum atomic E-state index is -0.124. The van der Waals surface area contributed by atoms with Crippen molar-refractivity contribution in [2.24, 2.45) is 42.7 Å².